The van der Waals surface area contributed by atoms with Gasteiger partial charge in [0, 0.05) is 42.0 Å². The van der Waals surface area contributed by atoms with E-state index in [9.17, 15) is 24.0 Å². The fourth-order valence-electron chi connectivity index (χ4n) is 2.34. The second-order valence-electron chi connectivity index (χ2n) is 9.34. The zero-order valence-corrected chi connectivity index (χ0v) is 19.9. The molecule has 0 unspecified atom stereocenters. The van der Waals surface area contributed by atoms with Gasteiger partial charge in [-0.05, 0) is 25.8 Å². The highest BCUT2D eigenvalue weighted by Gasteiger charge is 2.23. The molecule has 2 amide bonds. The second-order valence-corrected chi connectivity index (χ2v) is 9.34. The van der Waals surface area contributed by atoms with Crippen LogP contribution in [0.15, 0.2) is 24.3 Å². The van der Waals surface area contributed by atoms with Crippen molar-refractivity contribution in [3.63, 3.8) is 0 Å². The lowest BCUT2D eigenvalue weighted by Crippen LogP contribution is -2.30. The smallest absolute Gasteiger partial charge is 0.330 e. The summed E-state index contributed by atoms with van der Waals surface area (Å²) in [4.78, 5) is 57.5. The van der Waals surface area contributed by atoms with Crippen molar-refractivity contribution in [1.29, 1.82) is 0 Å². The summed E-state index contributed by atoms with van der Waals surface area (Å²) in [7, 11) is 0. The summed E-state index contributed by atoms with van der Waals surface area (Å²) in [6.45, 7) is 13.6. The third-order valence-electron chi connectivity index (χ3n) is 4.42. The zero-order chi connectivity index (χ0) is 24.2. The Balaban J connectivity index is 0.000000615. The summed E-state index contributed by atoms with van der Waals surface area (Å²) in [5, 5.41) is 0. The minimum atomic E-state index is -0.472. The number of hydrogen-bond acceptors (Lipinski definition) is 6. The van der Waals surface area contributed by atoms with Crippen LogP contribution in [0.25, 0.3) is 0 Å². The molecule has 7 heteroatoms. The lowest BCUT2D eigenvalue weighted by Gasteiger charge is -2.16. The molecular weight excluding hydrogens is 398 g/mol. The van der Waals surface area contributed by atoms with Crippen LogP contribution < -0.4 is 0 Å². The number of imide groups is 1. The lowest BCUT2D eigenvalue weighted by molar-refractivity contribution is -0.138. The van der Waals surface area contributed by atoms with E-state index in [1.165, 1.54) is 23.1 Å². The van der Waals surface area contributed by atoms with Gasteiger partial charge in [-0.2, -0.15) is 0 Å². The number of carbonyl (C=O) groups excluding carboxylic acids is 5. The highest BCUT2D eigenvalue weighted by molar-refractivity contribution is 6.12. The molecule has 174 valence electrons. The molecule has 31 heavy (non-hydrogen) atoms. The van der Waals surface area contributed by atoms with E-state index in [0.717, 1.165) is 25.3 Å². The summed E-state index contributed by atoms with van der Waals surface area (Å²) in [6.07, 6.45) is 8.03. The summed E-state index contributed by atoms with van der Waals surface area (Å²) >= 11 is 0. The van der Waals surface area contributed by atoms with E-state index in [-0.39, 0.29) is 28.8 Å². The van der Waals surface area contributed by atoms with Crippen LogP contribution in [0.5, 0.6) is 0 Å². The second kappa shape index (κ2) is 13.0. The highest BCUT2D eigenvalue weighted by atomic mass is 16.5. The Kier molecular flexibility index (Phi) is 11.9. The Morgan fingerprint density at radius 2 is 1.42 bits per heavy atom. The van der Waals surface area contributed by atoms with Gasteiger partial charge in [-0.25, -0.2) is 4.79 Å². The summed E-state index contributed by atoms with van der Waals surface area (Å²) < 4.78 is 4.63. The molecule has 0 atom stereocenters. The van der Waals surface area contributed by atoms with Crippen molar-refractivity contribution in [3.05, 3.63) is 24.3 Å². The molecule has 0 spiro atoms. The number of hydrogen-bond donors (Lipinski definition) is 0. The number of allylic oxidation sites excluding steroid dienone is 1. The van der Waals surface area contributed by atoms with E-state index < -0.39 is 11.4 Å². The van der Waals surface area contributed by atoms with Crippen molar-refractivity contribution in [2.75, 3.05) is 13.2 Å². The van der Waals surface area contributed by atoms with Gasteiger partial charge >= 0.3 is 5.97 Å². The molecule has 0 aromatic heterocycles. The number of amides is 2. The van der Waals surface area contributed by atoms with E-state index in [1.807, 2.05) is 20.8 Å². The first-order valence-electron chi connectivity index (χ1n) is 10.7. The largest absolute Gasteiger partial charge is 0.463 e. The number of unbranched alkanes of at least 4 members (excludes halogenated alkanes) is 2. The lowest BCUT2D eigenvalue weighted by atomic mass is 9.88. The molecule has 0 fully saturated rings. The molecule has 1 aliphatic heterocycles. The third kappa shape index (κ3) is 12.0. The molecule has 0 bridgehead atoms. The van der Waals surface area contributed by atoms with Gasteiger partial charge in [0.1, 0.15) is 5.78 Å². The van der Waals surface area contributed by atoms with Gasteiger partial charge in [0.15, 0.2) is 5.78 Å². The van der Waals surface area contributed by atoms with E-state index >= 15 is 0 Å². The van der Waals surface area contributed by atoms with Crippen LogP contribution >= 0.6 is 0 Å². The number of ketones is 2. The average molecular weight is 436 g/mol. The molecule has 1 aliphatic rings. The number of ether oxygens (including phenoxy) is 1. The Bertz CT molecular complexity index is 701. The van der Waals surface area contributed by atoms with E-state index in [0.29, 0.717) is 19.6 Å². The van der Waals surface area contributed by atoms with Gasteiger partial charge in [0.05, 0.1) is 6.61 Å². The van der Waals surface area contributed by atoms with Crippen molar-refractivity contribution in [1.82, 2.24) is 4.90 Å². The van der Waals surface area contributed by atoms with Crippen LogP contribution in [-0.4, -0.2) is 47.4 Å². The minimum Gasteiger partial charge on any atom is -0.463 e. The normalized spacial score (nSPS) is 14.0. The Hall–Kier alpha value is -2.57. The summed E-state index contributed by atoms with van der Waals surface area (Å²) in [5.74, 6) is -0.755. The van der Waals surface area contributed by atoms with Crippen molar-refractivity contribution >= 4 is 29.4 Å². The monoisotopic (exact) mass is 435 g/mol. The van der Waals surface area contributed by atoms with Crippen molar-refractivity contribution in [2.24, 2.45) is 10.8 Å². The van der Waals surface area contributed by atoms with Gasteiger partial charge in [-0.1, -0.05) is 48.0 Å². The first-order chi connectivity index (χ1) is 14.2. The quantitative estimate of drug-likeness (QED) is 0.236. The number of Topliss-reactive ketones (excluding diaryl/α,β-unsaturated/α-hetero) is 1. The molecule has 0 aromatic carbocycles. The minimum absolute atomic E-state index is 0.0828. The molecule has 0 saturated heterocycles. The first-order valence-corrected chi connectivity index (χ1v) is 10.7. The molecule has 7 nitrogen and oxygen atoms in total. The predicted octanol–water partition coefficient (Wildman–Crippen LogP) is 3.81. The first kappa shape index (κ1) is 28.4. The van der Waals surface area contributed by atoms with Crippen LogP contribution in [0.3, 0.4) is 0 Å². The number of esters is 1. The van der Waals surface area contributed by atoms with E-state index in [1.54, 1.807) is 27.7 Å². The summed E-state index contributed by atoms with van der Waals surface area (Å²) in [6, 6.07) is 0. The SMILES string of the molecule is CC(C)(C)C(=O)CCCCCN1C(=O)C=CC1=O.CCOC(=O)/C=C/C(=O)C(C)(C)C. The van der Waals surface area contributed by atoms with Crippen LogP contribution in [0.4, 0.5) is 0 Å². The van der Waals surface area contributed by atoms with Crippen molar-refractivity contribution in [3.8, 4) is 0 Å². The van der Waals surface area contributed by atoms with E-state index in [4.69, 9.17) is 0 Å². The molecule has 0 aromatic rings. The number of nitrogens with zero attached hydrogens (tertiary/aromatic N) is 1. The maximum Gasteiger partial charge on any atom is 0.330 e. The molecule has 0 radical (unpaired) electrons. The van der Waals surface area contributed by atoms with Crippen LogP contribution in [0, 0.1) is 10.8 Å². The predicted molar refractivity (Wildman–Crippen MR) is 119 cm³/mol. The topological polar surface area (TPSA) is 97.8 Å². The fourth-order valence-corrected chi connectivity index (χ4v) is 2.34. The number of rotatable bonds is 9. The van der Waals surface area contributed by atoms with Gasteiger partial charge in [-0.3, -0.25) is 24.1 Å². The Morgan fingerprint density at radius 3 is 1.87 bits per heavy atom. The Morgan fingerprint density at radius 1 is 0.871 bits per heavy atom. The van der Waals surface area contributed by atoms with Crippen LogP contribution in [0.2, 0.25) is 0 Å². The van der Waals surface area contributed by atoms with Crippen molar-refractivity contribution < 1.29 is 28.7 Å². The fraction of sp³-hybridized carbons (Fsp3) is 0.625. The molecule has 1 heterocycles. The van der Waals surface area contributed by atoms with Gasteiger partial charge in [-0.15, -0.1) is 0 Å². The van der Waals surface area contributed by atoms with Crippen LogP contribution in [0.1, 0.15) is 74.1 Å². The molecule has 0 aliphatic carbocycles. The standard InChI is InChI=1S/C14H21NO3.C10H16O3/c1-14(2,3)11(16)7-5-4-6-10-15-12(17)8-9-13(15)18;1-5-13-9(12)7-6-8(11)10(2,3)4/h8-9H,4-7,10H2,1-3H3;6-7H,5H2,1-4H3/b;7-6+. The average Bonchev–Trinajstić information content (AvgIpc) is 2.96. The van der Waals surface area contributed by atoms with E-state index in [2.05, 4.69) is 4.74 Å². The van der Waals surface area contributed by atoms with Crippen LogP contribution in [-0.2, 0) is 28.7 Å². The molecule has 0 N–H and O–H groups in total. The third-order valence-corrected chi connectivity index (χ3v) is 4.42. The summed E-state index contributed by atoms with van der Waals surface area (Å²) in [5.41, 5.74) is -0.714. The maximum atomic E-state index is 11.7. The van der Waals surface area contributed by atoms with Gasteiger partial charge in [0.2, 0.25) is 0 Å². The van der Waals surface area contributed by atoms with Gasteiger partial charge in [0.25, 0.3) is 11.8 Å². The Labute approximate surface area is 185 Å². The molecule has 0 saturated carbocycles. The molecular formula is C24H37NO6. The molecule has 1 rings (SSSR count). The number of carbonyl (C=O) groups is 5. The maximum absolute atomic E-state index is 11.7. The van der Waals surface area contributed by atoms with Gasteiger partial charge < -0.3 is 4.74 Å². The zero-order valence-electron chi connectivity index (χ0n) is 19.9. The highest BCUT2D eigenvalue weighted by Crippen LogP contribution is 2.19. The van der Waals surface area contributed by atoms with Crippen molar-refractivity contribution in [2.45, 2.75) is 74.1 Å².